The Balaban J connectivity index is 1.71. The van der Waals surface area contributed by atoms with Gasteiger partial charge in [-0.3, -0.25) is 9.10 Å². The molecule has 158 valence electrons. The lowest BCUT2D eigenvalue weighted by Crippen LogP contribution is -2.40. The molecule has 0 bridgehead atoms. The number of benzene rings is 2. The molecule has 1 heterocycles. The molecule has 30 heavy (non-hydrogen) atoms. The van der Waals surface area contributed by atoms with Crippen molar-refractivity contribution in [3.63, 3.8) is 0 Å². The second-order valence-corrected chi connectivity index (χ2v) is 9.09. The first-order valence-corrected chi connectivity index (χ1v) is 11.3. The van der Waals surface area contributed by atoms with Crippen LogP contribution in [-0.2, 0) is 21.4 Å². The standard InChI is InChI=1S/C20H21ClN4O4S/c1-13-7-6-8-14(2)19(13)25(30(3,27)28)12-17(26)22-11-18-23-20(24-29-18)15-9-4-5-10-16(15)21/h4-10H,11-12H2,1-3H3,(H,22,26). The number of hydrogen-bond acceptors (Lipinski definition) is 6. The Morgan fingerprint density at radius 1 is 1.13 bits per heavy atom. The monoisotopic (exact) mass is 448 g/mol. The van der Waals surface area contributed by atoms with Crippen LogP contribution in [0.3, 0.4) is 0 Å². The van der Waals surface area contributed by atoms with E-state index in [1.807, 2.05) is 6.07 Å². The molecule has 0 aliphatic heterocycles. The predicted molar refractivity (Wildman–Crippen MR) is 115 cm³/mol. The topological polar surface area (TPSA) is 105 Å². The lowest BCUT2D eigenvalue weighted by molar-refractivity contribution is -0.119. The fourth-order valence-electron chi connectivity index (χ4n) is 3.00. The first-order chi connectivity index (χ1) is 14.2. The van der Waals surface area contributed by atoms with Crippen LogP contribution in [0.5, 0.6) is 0 Å². The average molecular weight is 449 g/mol. The Hall–Kier alpha value is -2.91. The highest BCUT2D eigenvalue weighted by Gasteiger charge is 2.24. The van der Waals surface area contributed by atoms with Gasteiger partial charge in [-0.2, -0.15) is 4.98 Å². The van der Waals surface area contributed by atoms with E-state index in [9.17, 15) is 13.2 Å². The van der Waals surface area contributed by atoms with Gasteiger partial charge in [0.2, 0.25) is 27.6 Å². The van der Waals surface area contributed by atoms with Gasteiger partial charge in [0.15, 0.2) is 0 Å². The van der Waals surface area contributed by atoms with Crippen molar-refractivity contribution >= 4 is 33.2 Å². The van der Waals surface area contributed by atoms with Crippen molar-refractivity contribution in [1.29, 1.82) is 0 Å². The largest absolute Gasteiger partial charge is 0.345 e. The molecule has 3 rings (SSSR count). The van der Waals surface area contributed by atoms with Crippen LogP contribution < -0.4 is 9.62 Å². The summed E-state index contributed by atoms with van der Waals surface area (Å²) in [7, 11) is -3.67. The van der Waals surface area contributed by atoms with Gasteiger partial charge >= 0.3 is 0 Å². The molecule has 0 unspecified atom stereocenters. The molecule has 0 atom stereocenters. The highest BCUT2D eigenvalue weighted by Crippen LogP contribution is 2.27. The maximum absolute atomic E-state index is 12.5. The first-order valence-electron chi connectivity index (χ1n) is 9.05. The van der Waals surface area contributed by atoms with Gasteiger partial charge in [-0.05, 0) is 37.1 Å². The number of hydrogen-bond donors (Lipinski definition) is 1. The molecule has 0 spiro atoms. The zero-order valence-electron chi connectivity index (χ0n) is 16.7. The molecular weight excluding hydrogens is 428 g/mol. The van der Waals surface area contributed by atoms with E-state index in [1.54, 1.807) is 50.2 Å². The number of carbonyl (C=O) groups is 1. The summed E-state index contributed by atoms with van der Waals surface area (Å²) in [6, 6.07) is 12.5. The van der Waals surface area contributed by atoms with E-state index < -0.39 is 15.9 Å². The Kier molecular flexibility index (Phi) is 6.42. The fourth-order valence-corrected chi connectivity index (χ4v) is 4.19. The number of carbonyl (C=O) groups excluding carboxylic acids is 1. The lowest BCUT2D eigenvalue weighted by atomic mass is 10.1. The van der Waals surface area contributed by atoms with Crippen LogP contribution in [0, 0.1) is 13.8 Å². The number of nitrogens with one attached hydrogen (secondary N) is 1. The molecule has 8 nitrogen and oxygen atoms in total. The summed E-state index contributed by atoms with van der Waals surface area (Å²) in [5.41, 5.74) is 2.62. The highest BCUT2D eigenvalue weighted by atomic mass is 35.5. The van der Waals surface area contributed by atoms with Crippen molar-refractivity contribution in [2.75, 3.05) is 17.1 Å². The molecule has 0 saturated heterocycles. The van der Waals surface area contributed by atoms with E-state index in [0.717, 1.165) is 21.7 Å². The van der Waals surface area contributed by atoms with Crippen molar-refractivity contribution in [2.45, 2.75) is 20.4 Å². The number of sulfonamides is 1. The minimum atomic E-state index is -3.67. The zero-order valence-corrected chi connectivity index (χ0v) is 18.3. The molecule has 10 heteroatoms. The summed E-state index contributed by atoms with van der Waals surface area (Å²) in [4.78, 5) is 16.7. The van der Waals surface area contributed by atoms with Crippen molar-refractivity contribution in [3.8, 4) is 11.4 Å². The smallest absolute Gasteiger partial charge is 0.246 e. The van der Waals surface area contributed by atoms with Crippen LogP contribution in [0.2, 0.25) is 5.02 Å². The zero-order chi connectivity index (χ0) is 21.9. The molecule has 0 saturated carbocycles. The summed E-state index contributed by atoms with van der Waals surface area (Å²) in [5.74, 6) is -0.0186. The van der Waals surface area contributed by atoms with Gasteiger partial charge in [-0.1, -0.05) is 47.1 Å². The Morgan fingerprint density at radius 2 is 1.80 bits per heavy atom. The van der Waals surface area contributed by atoms with Crippen molar-refractivity contribution in [3.05, 3.63) is 64.5 Å². The first kappa shape index (κ1) is 21.8. The van der Waals surface area contributed by atoms with Gasteiger partial charge in [0.25, 0.3) is 0 Å². The molecular formula is C20H21ClN4O4S. The summed E-state index contributed by atoms with van der Waals surface area (Å²) in [5, 5.41) is 6.96. The van der Waals surface area contributed by atoms with Gasteiger partial charge < -0.3 is 9.84 Å². The number of para-hydroxylation sites is 1. The second kappa shape index (κ2) is 8.85. The summed E-state index contributed by atoms with van der Waals surface area (Å²) in [6.45, 7) is 3.19. The van der Waals surface area contributed by atoms with Crippen LogP contribution in [0.1, 0.15) is 17.0 Å². The van der Waals surface area contributed by atoms with Crippen LogP contribution in [-0.4, -0.2) is 37.3 Å². The van der Waals surface area contributed by atoms with Crippen LogP contribution >= 0.6 is 11.6 Å². The third-order valence-electron chi connectivity index (χ3n) is 4.40. The number of aromatic nitrogens is 2. The molecule has 1 amide bonds. The maximum Gasteiger partial charge on any atom is 0.246 e. The van der Waals surface area contributed by atoms with Gasteiger partial charge in [0, 0.05) is 5.56 Å². The van der Waals surface area contributed by atoms with E-state index in [-0.39, 0.29) is 19.0 Å². The van der Waals surface area contributed by atoms with Gasteiger partial charge in [-0.25, -0.2) is 8.42 Å². The molecule has 1 aromatic heterocycles. The van der Waals surface area contributed by atoms with Gasteiger partial charge in [0.1, 0.15) is 6.54 Å². The van der Waals surface area contributed by atoms with E-state index in [1.165, 1.54) is 0 Å². The maximum atomic E-state index is 12.5. The van der Waals surface area contributed by atoms with E-state index in [2.05, 4.69) is 15.5 Å². The minimum absolute atomic E-state index is 0.0410. The number of aryl methyl sites for hydroxylation is 2. The predicted octanol–water partition coefficient (Wildman–Crippen LogP) is 3.09. The second-order valence-electron chi connectivity index (χ2n) is 6.78. The molecule has 0 fully saturated rings. The molecule has 2 aromatic carbocycles. The molecule has 0 radical (unpaired) electrons. The number of rotatable bonds is 7. The van der Waals surface area contributed by atoms with Crippen molar-refractivity contribution in [2.24, 2.45) is 0 Å². The van der Waals surface area contributed by atoms with Gasteiger partial charge in [0.05, 0.1) is 23.5 Å². The lowest BCUT2D eigenvalue weighted by Gasteiger charge is -2.25. The number of amides is 1. The molecule has 0 aliphatic rings. The number of anilines is 1. The van der Waals surface area contributed by atoms with Crippen LogP contribution in [0.4, 0.5) is 5.69 Å². The SMILES string of the molecule is Cc1cccc(C)c1N(CC(=O)NCc1nc(-c2ccccc2Cl)no1)S(C)(=O)=O. The number of nitrogens with zero attached hydrogens (tertiary/aromatic N) is 3. The third kappa shape index (κ3) is 4.98. The van der Waals surface area contributed by atoms with E-state index >= 15 is 0 Å². The summed E-state index contributed by atoms with van der Waals surface area (Å²) >= 11 is 6.13. The van der Waals surface area contributed by atoms with Gasteiger partial charge in [-0.15, -0.1) is 0 Å². The third-order valence-corrected chi connectivity index (χ3v) is 5.84. The Morgan fingerprint density at radius 3 is 2.43 bits per heavy atom. The minimum Gasteiger partial charge on any atom is -0.345 e. The van der Waals surface area contributed by atoms with Crippen LogP contribution in [0.25, 0.3) is 11.4 Å². The highest BCUT2D eigenvalue weighted by molar-refractivity contribution is 7.92. The average Bonchev–Trinajstić information content (AvgIpc) is 3.14. The van der Waals surface area contributed by atoms with E-state index in [0.29, 0.717) is 22.1 Å². The number of halogens is 1. The Labute approximate surface area is 179 Å². The summed E-state index contributed by atoms with van der Waals surface area (Å²) in [6.07, 6.45) is 1.07. The molecule has 1 N–H and O–H groups in total. The Bertz CT molecular complexity index is 1160. The fraction of sp³-hybridized carbons (Fsp3) is 0.250. The quantitative estimate of drug-likeness (QED) is 0.595. The normalized spacial score (nSPS) is 11.3. The van der Waals surface area contributed by atoms with Crippen molar-refractivity contribution in [1.82, 2.24) is 15.5 Å². The summed E-state index contributed by atoms with van der Waals surface area (Å²) < 4.78 is 30.9. The van der Waals surface area contributed by atoms with E-state index in [4.69, 9.17) is 16.1 Å². The van der Waals surface area contributed by atoms with Crippen LogP contribution in [0.15, 0.2) is 47.0 Å². The van der Waals surface area contributed by atoms with Crippen molar-refractivity contribution < 1.29 is 17.7 Å². The molecule has 3 aromatic rings. The molecule has 0 aliphatic carbocycles.